The van der Waals surface area contributed by atoms with Crippen molar-refractivity contribution in [3.05, 3.63) is 58.4 Å². The maximum Gasteiger partial charge on any atom is 0.355 e. The molecule has 1 aliphatic rings. The average molecular weight is 384 g/mol. The Morgan fingerprint density at radius 2 is 2.00 bits per heavy atom. The summed E-state index contributed by atoms with van der Waals surface area (Å²) in [7, 11) is 0. The summed E-state index contributed by atoms with van der Waals surface area (Å²) >= 11 is 0. The molecule has 6 nitrogen and oxygen atoms in total. The van der Waals surface area contributed by atoms with Gasteiger partial charge in [-0.1, -0.05) is 30.3 Å². The maximum absolute atomic E-state index is 12.9. The van der Waals surface area contributed by atoms with Crippen LogP contribution in [0.15, 0.2) is 30.3 Å². The third kappa shape index (κ3) is 4.28. The monoisotopic (exact) mass is 384 g/mol. The number of aromatic nitrogens is 1. The second-order valence-corrected chi connectivity index (χ2v) is 7.07. The molecule has 0 saturated carbocycles. The maximum atomic E-state index is 12.9. The fourth-order valence-corrected chi connectivity index (χ4v) is 3.76. The number of rotatable bonds is 7. The Bertz CT molecular complexity index is 836. The first-order chi connectivity index (χ1) is 13.5. The van der Waals surface area contributed by atoms with Crippen LogP contribution < -0.4 is 5.32 Å². The van der Waals surface area contributed by atoms with Crippen LogP contribution in [0.25, 0.3) is 0 Å². The predicted octanol–water partition coefficient (Wildman–Crippen LogP) is 3.24. The van der Waals surface area contributed by atoms with Crippen LogP contribution in [0.3, 0.4) is 0 Å². The summed E-state index contributed by atoms with van der Waals surface area (Å²) in [5, 5.41) is 2.97. The molecule has 1 fully saturated rings. The van der Waals surface area contributed by atoms with E-state index < -0.39 is 5.97 Å². The molecule has 1 atom stereocenters. The second-order valence-electron chi connectivity index (χ2n) is 7.07. The van der Waals surface area contributed by atoms with Crippen molar-refractivity contribution < 1.29 is 19.1 Å². The molecular weight excluding hydrogens is 356 g/mol. The van der Waals surface area contributed by atoms with E-state index in [1.54, 1.807) is 6.92 Å². The van der Waals surface area contributed by atoms with Gasteiger partial charge in [-0.25, -0.2) is 4.79 Å². The minimum absolute atomic E-state index is 0.0699. The predicted molar refractivity (Wildman–Crippen MR) is 107 cm³/mol. The van der Waals surface area contributed by atoms with Gasteiger partial charge in [0.05, 0.1) is 18.3 Å². The molecule has 0 aliphatic carbocycles. The SMILES string of the molecule is CCOC(=O)c1c(C)c(C(=O)NC[C@H]2CCCO2)c(C)n1Cc1ccccc1. The average Bonchev–Trinajstić information content (AvgIpc) is 3.28. The molecule has 1 N–H and O–H groups in total. The Morgan fingerprint density at radius 1 is 1.25 bits per heavy atom. The first kappa shape index (κ1) is 20.1. The number of benzene rings is 1. The van der Waals surface area contributed by atoms with Gasteiger partial charge >= 0.3 is 5.97 Å². The van der Waals surface area contributed by atoms with E-state index in [4.69, 9.17) is 9.47 Å². The highest BCUT2D eigenvalue weighted by molar-refractivity contribution is 6.01. The number of ether oxygens (including phenoxy) is 2. The molecule has 28 heavy (non-hydrogen) atoms. The van der Waals surface area contributed by atoms with Gasteiger partial charge in [-0.05, 0) is 44.7 Å². The zero-order valence-corrected chi connectivity index (χ0v) is 16.8. The smallest absolute Gasteiger partial charge is 0.355 e. The summed E-state index contributed by atoms with van der Waals surface area (Å²) in [6.45, 7) is 7.48. The van der Waals surface area contributed by atoms with Gasteiger partial charge in [0.15, 0.2) is 0 Å². The molecule has 0 radical (unpaired) electrons. The van der Waals surface area contributed by atoms with Crippen LogP contribution in [0.5, 0.6) is 0 Å². The Kier molecular flexibility index (Phi) is 6.52. The number of carbonyl (C=O) groups is 2. The van der Waals surface area contributed by atoms with E-state index in [0.29, 0.717) is 29.9 Å². The van der Waals surface area contributed by atoms with Crippen molar-refractivity contribution in [2.75, 3.05) is 19.8 Å². The van der Waals surface area contributed by atoms with E-state index in [1.165, 1.54) is 0 Å². The topological polar surface area (TPSA) is 69.6 Å². The molecule has 6 heteroatoms. The molecule has 1 saturated heterocycles. The van der Waals surface area contributed by atoms with Crippen LogP contribution in [0, 0.1) is 13.8 Å². The van der Waals surface area contributed by atoms with Crippen molar-refractivity contribution in [3.8, 4) is 0 Å². The number of nitrogens with one attached hydrogen (secondary N) is 1. The third-order valence-corrected chi connectivity index (χ3v) is 5.16. The minimum Gasteiger partial charge on any atom is -0.461 e. The number of nitrogens with zero attached hydrogens (tertiary/aromatic N) is 1. The van der Waals surface area contributed by atoms with Crippen molar-refractivity contribution in [3.63, 3.8) is 0 Å². The molecular formula is C22H28N2O4. The first-order valence-electron chi connectivity index (χ1n) is 9.83. The van der Waals surface area contributed by atoms with Gasteiger partial charge in [0.1, 0.15) is 5.69 Å². The molecule has 0 spiro atoms. The van der Waals surface area contributed by atoms with E-state index in [0.717, 1.165) is 30.7 Å². The number of carbonyl (C=O) groups excluding carboxylic acids is 2. The third-order valence-electron chi connectivity index (χ3n) is 5.16. The number of hydrogen-bond donors (Lipinski definition) is 1. The van der Waals surface area contributed by atoms with Crippen LogP contribution in [0.2, 0.25) is 0 Å². The Balaban J connectivity index is 1.92. The molecule has 1 aliphatic heterocycles. The fraction of sp³-hybridized carbons (Fsp3) is 0.455. The summed E-state index contributed by atoms with van der Waals surface area (Å²) in [4.78, 5) is 25.5. The van der Waals surface area contributed by atoms with Crippen LogP contribution in [0.1, 0.15) is 57.4 Å². The molecule has 150 valence electrons. The summed E-state index contributed by atoms with van der Waals surface area (Å²) in [6.07, 6.45) is 2.06. The van der Waals surface area contributed by atoms with E-state index >= 15 is 0 Å². The zero-order valence-electron chi connectivity index (χ0n) is 16.8. The van der Waals surface area contributed by atoms with Crippen molar-refractivity contribution in [2.45, 2.75) is 46.3 Å². The van der Waals surface area contributed by atoms with Gasteiger partial charge < -0.3 is 19.4 Å². The Morgan fingerprint density at radius 3 is 2.64 bits per heavy atom. The molecule has 2 heterocycles. The van der Waals surface area contributed by atoms with E-state index in [-0.39, 0.29) is 18.6 Å². The van der Waals surface area contributed by atoms with Gasteiger partial charge in [-0.2, -0.15) is 0 Å². The summed E-state index contributed by atoms with van der Waals surface area (Å²) in [6, 6.07) is 9.87. The quantitative estimate of drug-likeness (QED) is 0.744. The Labute approximate surface area is 165 Å². The lowest BCUT2D eigenvalue weighted by Gasteiger charge is -2.12. The molecule has 1 aromatic carbocycles. The number of amides is 1. The van der Waals surface area contributed by atoms with Crippen LogP contribution >= 0.6 is 0 Å². The van der Waals surface area contributed by atoms with Crippen LogP contribution in [-0.4, -0.2) is 42.3 Å². The lowest BCUT2D eigenvalue weighted by atomic mass is 10.1. The lowest BCUT2D eigenvalue weighted by molar-refractivity contribution is 0.0513. The van der Waals surface area contributed by atoms with E-state index in [9.17, 15) is 9.59 Å². The van der Waals surface area contributed by atoms with Gasteiger partial charge in [0, 0.05) is 25.4 Å². The van der Waals surface area contributed by atoms with E-state index in [2.05, 4.69) is 5.32 Å². The molecule has 2 aromatic rings. The molecule has 1 amide bonds. The minimum atomic E-state index is -0.405. The molecule has 1 aromatic heterocycles. The number of hydrogen-bond acceptors (Lipinski definition) is 4. The molecule has 3 rings (SSSR count). The van der Waals surface area contributed by atoms with Crippen LogP contribution in [0.4, 0.5) is 0 Å². The van der Waals surface area contributed by atoms with E-state index in [1.807, 2.05) is 48.7 Å². The normalized spacial score (nSPS) is 16.2. The number of esters is 1. The van der Waals surface area contributed by atoms with Crippen molar-refractivity contribution >= 4 is 11.9 Å². The van der Waals surface area contributed by atoms with Gasteiger partial charge in [0.2, 0.25) is 0 Å². The van der Waals surface area contributed by atoms with Crippen LogP contribution in [-0.2, 0) is 16.0 Å². The molecule has 0 unspecified atom stereocenters. The summed E-state index contributed by atoms with van der Waals surface area (Å²) in [5.41, 5.74) is 3.44. The van der Waals surface area contributed by atoms with Gasteiger partial charge in [-0.3, -0.25) is 4.79 Å². The first-order valence-corrected chi connectivity index (χ1v) is 9.83. The van der Waals surface area contributed by atoms with Crippen molar-refractivity contribution in [2.24, 2.45) is 0 Å². The second kappa shape index (κ2) is 9.06. The van der Waals surface area contributed by atoms with Gasteiger partial charge in [0.25, 0.3) is 5.91 Å². The largest absolute Gasteiger partial charge is 0.461 e. The lowest BCUT2D eigenvalue weighted by Crippen LogP contribution is -2.32. The zero-order chi connectivity index (χ0) is 20.1. The highest BCUT2D eigenvalue weighted by atomic mass is 16.5. The highest BCUT2D eigenvalue weighted by Crippen LogP contribution is 2.25. The Hall–Kier alpha value is -2.60. The van der Waals surface area contributed by atoms with Gasteiger partial charge in [-0.15, -0.1) is 0 Å². The summed E-state index contributed by atoms with van der Waals surface area (Å²) in [5.74, 6) is -0.583. The fourth-order valence-electron chi connectivity index (χ4n) is 3.76. The summed E-state index contributed by atoms with van der Waals surface area (Å²) < 4.78 is 12.7. The van der Waals surface area contributed by atoms with Crippen molar-refractivity contribution in [1.82, 2.24) is 9.88 Å². The van der Waals surface area contributed by atoms with Crippen molar-refractivity contribution in [1.29, 1.82) is 0 Å². The molecule has 0 bridgehead atoms. The standard InChI is InChI=1S/C22H28N2O4/c1-4-27-22(26)20-15(2)19(21(25)23-13-18-11-8-12-28-18)16(3)24(20)14-17-9-6-5-7-10-17/h5-7,9-10,18H,4,8,11-14H2,1-3H3,(H,23,25)/t18-/m1/s1. The highest BCUT2D eigenvalue weighted by Gasteiger charge is 2.28.